The number of hydrogen-bond acceptors (Lipinski definition) is 5. The molecule has 2 rings (SSSR count). The molecule has 0 saturated heterocycles. The van der Waals surface area contributed by atoms with Crippen LogP contribution in [0.25, 0.3) is 23.4 Å². The predicted molar refractivity (Wildman–Crippen MR) is 165 cm³/mol. The zero-order valence-electron chi connectivity index (χ0n) is 25.8. The molecule has 0 bridgehead atoms. The zero-order valence-corrected chi connectivity index (χ0v) is 25.8. The van der Waals surface area contributed by atoms with Crippen LogP contribution in [-0.2, 0) is 0 Å². The van der Waals surface area contributed by atoms with E-state index in [4.69, 9.17) is 14.8 Å². The van der Waals surface area contributed by atoms with Crippen LogP contribution in [0.4, 0.5) is 0 Å². The van der Waals surface area contributed by atoms with Gasteiger partial charge in [0.15, 0.2) is 11.5 Å². The molecule has 2 N–H and O–H groups in total. The summed E-state index contributed by atoms with van der Waals surface area (Å²) in [4.78, 5) is 16.9. The van der Waals surface area contributed by atoms with E-state index in [9.17, 15) is 9.90 Å². The van der Waals surface area contributed by atoms with Crippen LogP contribution in [0.3, 0.4) is 0 Å². The smallest absolute Gasteiger partial charge is 0.164 e. The molecular formula is C33H53NO4. The first-order chi connectivity index (χ1) is 18.1. The summed E-state index contributed by atoms with van der Waals surface area (Å²) < 4.78 is 5.54. The zero-order chi connectivity index (χ0) is 29.8. The lowest BCUT2D eigenvalue weighted by molar-refractivity contribution is 0.101. The summed E-state index contributed by atoms with van der Waals surface area (Å²) in [5, 5.41) is 16.2. The van der Waals surface area contributed by atoms with Gasteiger partial charge in [-0.1, -0.05) is 96.0 Å². The molecule has 0 aliphatic heterocycles. The molecular weight excluding hydrogens is 474 g/mol. The third-order valence-corrected chi connectivity index (χ3v) is 6.25. The van der Waals surface area contributed by atoms with Crippen molar-refractivity contribution in [2.45, 2.75) is 87.7 Å². The van der Waals surface area contributed by atoms with Crippen molar-refractivity contribution in [3.63, 3.8) is 0 Å². The SMILES string of the molecule is C=Cc1c(/C=C\C)nc(-c2ccc(C)cc2)c(OC)c1C(C)=O.CC.CCC(C)C(CC)CC(C)O.CO. The molecule has 0 aliphatic rings. The predicted octanol–water partition coefficient (Wildman–Crippen LogP) is 8.41. The van der Waals surface area contributed by atoms with Crippen molar-refractivity contribution in [3.8, 4) is 17.0 Å². The Kier molecular flexibility index (Phi) is 20.9. The Balaban J connectivity index is 0. The van der Waals surface area contributed by atoms with Gasteiger partial charge in [0.1, 0.15) is 5.69 Å². The number of Topliss-reactive ketones (excluding diaryl/α,β-unsaturated/α-hetero) is 1. The number of pyridine rings is 1. The van der Waals surface area contributed by atoms with Crippen molar-refractivity contribution in [1.82, 2.24) is 4.98 Å². The molecule has 1 aromatic heterocycles. The Morgan fingerprint density at radius 1 is 1.11 bits per heavy atom. The fraction of sp³-hybridized carbons (Fsp3) is 0.515. The minimum atomic E-state index is -0.131. The summed E-state index contributed by atoms with van der Waals surface area (Å²) >= 11 is 0. The van der Waals surface area contributed by atoms with E-state index in [-0.39, 0.29) is 11.9 Å². The van der Waals surface area contributed by atoms with Crippen molar-refractivity contribution >= 4 is 17.9 Å². The van der Waals surface area contributed by atoms with E-state index in [0.29, 0.717) is 34.2 Å². The van der Waals surface area contributed by atoms with Crippen LogP contribution in [0.1, 0.15) is 102 Å². The van der Waals surface area contributed by atoms with E-state index in [2.05, 4.69) is 27.4 Å². The van der Waals surface area contributed by atoms with Crippen molar-refractivity contribution in [2.75, 3.05) is 14.2 Å². The number of aliphatic hydroxyl groups is 2. The van der Waals surface area contributed by atoms with Crippen LogP contribution < -0.4 is 4.74 Å². The summed E-state index contributed by atoms with van der Waals surface area (Å²) in [5.74, 6) is 1.89. The maximum atomic E-state index is 12.2. The van der Waals surface area contributed by atoms with E-state index >= 15 is 0 Å². The normalized spacial score (nSPS) is 12.4. The van der Waals surface area contributed by atoms with Gasteiger partial charge in [-0.05, 0) is 52.0 Å². The Labute approximate surface area is 232 Å². The first-order valence-corrected chi connectivity index (χ1v) is 13.7. The summed E-state index contributed by atoms with van der Waals surface area (Å²) in [6, 6.07) is 8.00. The van der Waals surface area contributed by atoms with Gasteiger partial charge in [0.05, 0.1) is 24.5 Å². The lowest BCUT2D eigenvalue weighted by Crippen LogP contribution is -2.16. The molecule has 0 saturated carbocycles. The standard InChI is InChI=1S/C20H21NO2.C10H22O.C2H6.CH4O/c1-6-8-17-16(7-2)18(14(4)22)20(23-5)19(21-17)15-11-9-13(3)10-12-15;1-5-8(3)10(6-2)7-9(4)11;2*1-2/h6-12H,2H2,1,3-5H3;8-11H,5-7H2,1-4H3;1-2H3;2H,1H3/b8-6-;;;. The Bertz CT molecular complexity index is 962. The van der Waals surface area contributed by atoms with E-state index in [1.165, 1.54) is 19.8 Å². The molecule has 5 nitrogen and oxygen atoms in total. The third-order valence-electron chi connectivity index (χ3n) is 6.25. The van der Waals surface area contributed by atoms with Gasteiger partial charge in [-0.15, -0.1) is 0 Å². The summed E-state index contributed by atoms with van der Waals surface area (Å²) in [7, 11) is 2.56. The number of methoxy groups -OCH3 is 1. The average molecular weight is 528 g/mol. The number of carbonyl (C=O) groups is 1. The fourth-order valence-corrected chi connectivity index (χ4v) is 4.12. The summed E-state index contributed by atoms with van der Waals surface area (Å²) in [6.45, 7) is 21.9. The van der Waals surface area contributed by atoms with Gasteiger partial charge in [-0.25, -0.2) is 4.98 Å². The highest BCUT2D eigenvalue weighted by atomic mass is 16.5. The molecule has 0 radical (unpaired) electrons. The second kappa shape index (κ2) is 21.2. The van der Waals surface area contributed by atoms with Crippen LogP contribution >= 0.6 is 0 Å². The number of aliphatic hydroxyl groups excluding tert-OH is 2. The lowest BCUT2D eigenvalue weighted by Gasteiger charge is -2.22. The number of aromatic nitrogens is 1. The molecule has 38 heavy (non-hydrogen) atoms. The van der Waals surface area contributed by atoms with Gasteiger partial charge in [0, 0.05) is 18.2 Å². The first-order valence-electron chi connectivity index (χ1n) is 13.7. The van der Waals surface area contributed by atoms with Crippen LogP contribution in [-0.4, -0.2) is 41.3 Å². The Hall–Kier alpha value is -2.76. The quantitative estimate of drug-likeness (QED) is 0.303. The Morgan fingerprint density at radius 2 is 1.66 bits per heavy atom. The highest BCUT2D eigenvalue weighted by Gasteiger charge is 2.22. The fourth-order valence-electron chi connectivity index (χ4n) is 4.12. The minimum absolute atomic E-state index is 0.0711. The summed E-state index contributed by atoms with van der Waals surface area (Å²) in [5.41, 5.74) is 4.66. The van der Waals surface area contributed by atoms with Gasteiger partial charge in [-0.3, -0.25) is 4.79 Å². The first kappa shape index (κ1) is 37.4. The number of ketones is 1. The van der Waals surface area contributed by atoms with E-state index in [1.807, 2.05) is 71.0 Å². The average Bonchev–Trinajstić information content (AvgIpc) is 2.93. The van der Waals surface area contributed by atoms with Crippen molar-refractivity contribution < 1.29 is 19.7 Å². The molecule has 1 heterocycles. The molecule has 0 amide bonds. The monoisotopic (exact) mass is 527 g/mol. The van der Waals surface area contributed by atoms with E-state index in [0.717, 1.165) is 30.6 Å². The minimum Gasteiger partial charge on any atom is -0.494 e. The number of hydrogen-bond donors (Lipinski definition) is 2. The van der Waals surface area contributed by atoms with Gasteiger partial charge in [0.2, 0.25) is 0 Å². The molecule has 0 fully saturated rings. The van der Waals surface area contributed by atoms with Crippen LogP contribution in [0, 0.1) is 18.8 Å². The highest BCUT2D eigenvalue weighted by Crippen LogP contribution is 2.36. The molecule has 3 atom stereocenters. The van der Waals surface area contributed by atoms with Crippen molar-refractivity contribution in [2.24, 2.45) is 11.8 Å². The molecule has 214 valence electrons. The summed E-state index contributed by atoms with van der Waals surface area (Å²) in [6.07, 6.45) is 8.68. The van der Waals surface area contributed by atoms with E-state index in [1.54, 1.807) is 13.2 Å². The number of aryl methyl sites for hydroxylation is 1. The number of nitrogens with zero attached hydrogens (tertiary/aromatic N) is 1. The largest absolute Gasteiger partial charge is 0.494 e. The second-order valence-corrected chi connectivity index (χ2v) is 8.93. The molecule has 2 aromatic rings. The van der Waals surface area contributed by atoms with Crippen LogP contribution in [0.2, 0.25) is 0 Å². The number of benzene rings is 1. The van der Waals surface area contributed by atoms with E-state index < -0.39 is 0 Å². The van der Waals surface area contributed by atoms with Gasteiger partial charge >= 0.3 is 0 Å². The van der Waals surface area contributed by atoms with Crippen molar-refractivity contribution in [1.29, 1.82) is 0 Å². The van der Waals surface area contributed by atoms with Gasteiger partial charge < -0.3 is 14.9 Å². The topological polar surface area (TPSA) is 79.7 Å². The maximum absolute atomic E-state index is 12.2. The lowest BCUT2D eigenvalue weighted by atomic mass is 9.85. The van der Waals surface area contributed by atoms with Gasteiger partial charge in [0.25, 0.3) is 0 Å². The molecule has 0 spiro atoms. The molecule has 1 aromatic carbocycles. The number of carbonyl (C=O) groups excluding carboxylic acids is 1. The van der Waals surface area contributed by atoms with Crippen LogP contribution in [0.5, 0.6) is 5.75 Å². The number of rotatable bonds is 10. The number of allylic oxidation sites excluding steroid dienone is 1. The number of ether oxygens (including phenoxy) is 1. The maximum Gasteiger partial charge on any atom is 0.164 e. The molecule has 5 heteroatoms. The van der Waals surface area contributed by atoms with Crippen LogP contribution in [0.15, 0.2) is 36.9 Å². The van der Waals surface area contributed by atoms with Crippen molar-refractivity contribution in [3.05, 3.63) is 59.3 Å². The third kappa shape index (κ3) is 11.7. The van der Waals surface area contributed by atoms with Gasteiger partial charge in [-0.2, -0.15) is 0 Å². The highest BCUT2D eigenvalue weighted by molar-refractivity contribution is 6.03. The molecule has 3 unspecified atom stereocenters. The Morgan fingerprint density at radius 3 is 2.03 bits per heavy atom. The molecule has 0 aliphatic carbocycles. The second-order valence-electron chi connectivity index (χ2n) is 8.93.